The Morgan fingerprint density at radius 2 is 2.33 bits per heavy atom. The highest BCUT2D eigenvalue weighted by Crippen LogP contribution is 2.30. The molecule has 2 heterocycles. The van der Waals surface area contributed by atoms with Crippen LogP contribution in [-0.4, -0.2) is 44.2 Å². The van der Waals surface area contributed by atoms with Crippen molar-refractivity contribution in [3.63, 3.8) is 0 Å². The first kappa shape index (κ1) is 13.8. The molecule has 0 saturated carbocycles. The third-order valence-electron chi connectivity index (χ3n) is 3.33. The number of carbonyl (C=O) groups excluding carboxylic acids is 2. The molecule has 0 radical (unpaired) electrons. The van der Waals surface area contributed by atoms with Gasteiger partial charge in [-0.05, 0) is 12.1 Å². The lowest BCUT2D eigenvalue weighted by atomic mass is 10.2. The highest BCUT2D eigenvalue weighted by molar-refractivity contribution is 5.97. The Balaban J connectivity index is 1.59. The van der Waals surface area contributed by atoms with Crippen LogP contribution in [0.5, 0.6) is 5.75 Å². The summed E-state index contributed by atoms with van der Waals surface area (Å²) in [7, 11) is 0. The fraction of sp³-hybridized carbons (Fsp3) is 0.429. The molecule has 7 heteroatoms. The Hall–Kier alpha value is -2.12. The van der Waals surface area contributed by atoms with Crippen LogP contribution in [0, 0.1) is 0 Å². The van der Waals surface area contributed by atoms with Gasteiger partial charge in [0.2, 0.25) is 5.91 Å². The quantitative estimate of drug-likeness (QED) is 0.747. The average molecular weight is 291 g/mol. The third-order valence-corrected chi connectivity index (χ3v) is 3.33. The second-order valence-corrected chi connectivity index (χ2v) is 5.03. The molecule has 0 bridgehead atoms. The summed E-state index contributed by atoms with van der Waals surface area (Å²) in [5, 5.41) is 8.76. The van der Waals surface area contributed by atoms with Gasteiger partial charge in [-0.2, -0.15) is 0 Å². The van der Waals surface area contributed by atoms with Crippen LogP contribution in [0.3, 0.4) is 0 Å². The number of amides is 2. The van der Waals surface area contributed by atoms with E-state index in [0.29, 0.717) is 36.8 Å². The van der Waals surface area contributed by atoms with Crippen LogP contribution < -0.4 is 20.7 Å². The molecule has 1 saturated heterocycles. The van der Waals surface area contributed by atoms with Crippen molar-refractivity contribution in [1.29, 1.82) is 0 Å². The summed E-state index contributed by atoms with van der Waals surface area (Å²) in [5.41, 5.74) is 1.26. The molecule has 1 aromatic carbocycles. The number of rotatable bonds is 3. The fourth-order valence-electron chi connectivity index (χ4n) is 2.34. The summed E-state index contributed by atoms with van der Waals surface area (Å²) < 4.78 is 10.6. The van der Waals surface area contributed by atoms with Gasteiger partial charge in [0.05, 0.1) is 18.9 Å². The van der Waals surface area contributed by atoms with Gasteiger partial charge in [-0.1, -0.05) is 0 Å². The van der Waals surface area contributed by atoms with Crippen LogP contribution >= 0.6 is 0 Å². The standard InChI is InChI=1S/C14H17N3O4/c18-13(6-10-7-20-4-3-15-10)16-9-1-2-11-12(5-9)21-8-14(19)17-11/h1-2,5,10,15H,3-4,6-8H2,(H,16,18)(H,17,19)/t10-/m1/s1. The lowest BCUT2D eigenvalue weighted by Gasteiger charge is -2.23. The average Bonchev–Trinajstić information content (AvgIpc) is 2.48. The number of ether oxygens (including phenoxy) is 2. The molecule has 2 aliphatic rings. The predicted molar refractivity (Wildman–Crippen MR) is 76.4 cm³/mol. The number of hydrogen-bond donors (Lipinski definition) is 3. The minimum absolute atomic E-state index is 0.00622. The molecule has 1 atom stereocenters. The number of nitrogens with one attached hydrogen (secondary N) is 3. The monoisotopic (exact) mass is 291 g/mol. The highest BCUT2D eigenvalue weighted by Gasteiger charge is 2.19. The maximum Gasteiger partial charge on any atom is 0.262 e. The lowest BCUT2D eigenvalue weighted by molar-refractivity contribution is -0.119. The molecular weight excluding hydrogens is 274 g/mol. The highest BCUT2D eigenvalue weighted by atomic mass is 16.5. The zero-order valence-corrected chi connectivity index (χ0v) is 11.5. The minimum atomic E-state index is -0.178. The first-order valence-electron chi connectivity index (χ1n) is 6.88. The summed E-state index contributed by atoms with van der Waals surface area (Å²) in [6, 6.07) is 5.20. The summed E-state index contributed by atoms with van der Waals surface area (Å²) in [6.07, 6.45) is 0.356. The second-order valence-electron chi connectivity index (χ2n) is 5.03. The number of carbonyl (C=O) groups is 2. The smallest absolute Gasteiger partial charge is 0.262 e. The van der Waals surface area contributed by atoms with Gasteiger partial charge >= 0.3 is 0 Å². The molecule has 1 fully saturated rings. The predicted octanol–water partition coefficient (Wildman–Crippen LogP) is 0.334. The van der Waals surface area contributed by atoms with Crippen molar-refractivity contribution in [2.45, 2.75) is 12.5 Å². The van der Waals surface area contributed by atoms with Crippen LogP contribution in [0.25, 0.3) is 0 Å². The zero-order valence-electron chi connectivity index (χ0n) is 11.5. The number of morpholine rings is 1. The van der Waals surface area contributed by atoms with Crippen molar-refractivity contribution in [2.24, 2.45) is 0 Å². The van der Waals surface area contributed by atoms with Gasteiger partial charge in [-0.25, -0.2) is 0 Å². The maximum atomic E-state index is 12.0. The molecular formula is C14H17N3O4. The van der Waals surface area contributed by atoms with Gasteiger partial charge in [0.25, 0.3) is 5.91 Å². The molecule has 3 N–H and O–H groups in total. The van der Waals surface area contributed by atoms with Gasteiger partial charge in [0.15, 0.2) is 6.61 Å². The summed E-state index contributed by atoms with van der Waals surface area (Å²) in [5.74, 6) is 0.298. The van der Waals surface area contributed by atoms with Crippen LogP contribution in [0.15, 0.2) is 18.2 Å². The first-order chi connectivity index (χ1) is 10.2. The van der Waals surface area contributed by atoms with Crippen molar-refractivity contribution in [1.82, 2.24) is 5.32 Å². The summed E-state index contributed by atoms with van der Waals surface area (Å²) >= 11 is 0. The van der Waals surface area contributed by atoms with Crippen molar-refractivity contribution >= 4 is 23.2 Å². The van der Waals surface area contributed by atoms with Crippen molar-refractivity contribution in [3.8, 4) is 5.75 Å². The van der Waals surface area contributed by atoms with E-state index in [1.165, 1.54) is 0 Å². The largest absolute Gasteiger partial charge is 0.482 e. The van der Waals surface area contributed by atoms with Gasteiger partial charge < -0.3 is 25.4 Å². The van der Waals surface area contributed by atoms with E-state index in [1.807, 2.05) is 0 Å². The van der Waals surface area contributed by atoms with E-state index >= 15 is 0 Å². The van der Waals surface area contributed by atoms with E-state index in [-0.39, 0.29) is 24.5 Å². The van der Waals surface area contributed by atoms with Gasteiger partial charge in [-0.3, -0.25) is 9.59 Å². The topological polar surface area (TPSA) is 88.7 Å². The Morgan fingerprint density at radius 3 is 3.14 bits per heavy atom. The molecule has 0 aromatic heterocycles. The molecule has 112 valence electrons. The van der Waals surface area contributed by atoms with Gasteiger partial charge in [0, 0.05) is 30.8 Å². The molecule has 0 spiro atoms. The molecule has 21 heavy (non-hydrogen) atoms. The normalized spacial score (nSPS) is 21.0. The number of anilines is 2. The third kappa shape index (κ3) is 3.50. The van der Waals surface area contributed by atoms with E-state index in [1.54, 1.807) is 18.2 Å². The van der Waals surface area contributed by atoms with Gasteiger partial charge in [-0.15, -0.1) is 0 Å². The molecule has 2 amide bonds. The van der Waals surface area contributed by atoms with Crippen molar-refractivity contribution in [3.05, 3.63) is 18.2 Å². The number of hydrogen-bond acceptors (Lipinski definition) is 5. The van der Waals surface area contributed by atoms with E-state index in [9.17, 15) is 9.59 Å². The van der Waals surface area contributed by atoms with E-state index in [4.69, 9.17) is 9.47 Å². The van der Waals surface area contributed by atoms with Crippen LogP contribution in [-0.2, 0) is 14.3 Å². The maximum absolute atomic E-state index is 12.0. The van der Waals surface area contributed by atoms with E-state index < -0.39 is 0 Å². The molecule has 1 aromatic rings. The molecule has 0 unspecified atom stereocenters. The Bertz CT molecular complexity index is 555. The molecule has 3 rings (SSSR count). The first-order valence-corrected chi connectivity index (χ1v) is 6.88. The fourth-order valence-corrected chi connectivity index (χ4v) is 2.34. The minimum Gasteiger partial charge on any atom is -0.482 e. The Labute approximate surface area is 122 Å². The van der Waals surface area contributed by atoms with E-state index in [2.05, 4.69) is 16.0 Å². The van der Waals surface area contributed by atoms with Gasteiger partial charge in [0.1, 0.15) is 5.75 Å². The van der Waals surface area contributed by atoms with Crippen LogP contribution in [0.1, 0.15) is 6.42 Å². The zero-order chi connectivity index (χ0) is 14.7. The molecule has 2 aliphatic heterocycles. The van der Waals surface area contributed by atoms with Crippen LogP contribution in [0.4, 0.5) is 11.4 Å². The number of benzene rings is 1. The Morgan fingerprint density at radius 1 is 1.43 bits per heavy atom. The summed E-state index contributed by atoms with van der Waals surface area (Å²) in [4.78, 5) is 23.2. The summed E-state index contributed by atoms with van der Waals surface area (Å²) in [6.45, 7) is 2.00. The van der Waals surface area contributed by atoms with Crippen LogP contribution in [0.2, 0.25) is 0 Å². The lowest BCUT2D eigenvalue weighted by Crippen LogP contribution is -2.43. The van der Waals surface area contributed by atoms with E-state index in [0.717, 1.165) is 6.54 Å². The second kappa shape index (κ2) is 6.11. The molecule has 7 nitrogen and oxygen atoms in total. The Kier molecular flexibility index (Phi) is 4.03. The SMILES string of the molecule is O=C(C[C@@H]1COCCN1)Nc1ccc2c(c1)OCC(=O)N2. The number of fused-ring (bicyclic) bond motifs is 1. The van der Waals surface area contributed by atoms with Crippen molar-refractivity contribution in [2.75, 3.05) is 37.0 Å². The molecule has 0 aliphatic carbocycles. The van der Waals surface area contributed by atoms with Crippen molar-refractivity contribution < 1.29 is 19.1 Å².